The maximum atomic E-state index is 12.5. The van der Waals surface area contributed by atoms with Crippen LogP contribution in [0.2, 0.25) is 0 Å². The summed E-state index contributed by atoms with van der Waals surface area (Å²) in [6.07, 6.45) is 3.66. The van der Waals surface area contributed by atoms with Gasteiger partial charge >= 0.3 is 0 Å². The summed E-state index contributed by atoms with van der Waals surface area (Å²) in [7, 11) is 0. The van der Waals surface area contributed by atoms with Crippen LogP contribution >= 0.6 is 0 Å². The first-order valence-corrected chi connectivity index (χ1v) is 8.34. The molecule has 0 aliphatic carbocycles. The van der Waals surface area contributed by atoms with Crippen LogP contribution in [-0.4, -0.2) is 29.7 Å². The molecule has 0 spiro atoms. The van der Waals surface area contributed by atoms with Gasteiger partial charge in [0.1, 0.15) is 5.92 Å². The van der Waals surface area contributed by atoms with Gasteiger partial charge in [-0.1, -0.05) is 56.5 Å². The minimum absolute atomic E-state index is 0.529. The predicted octanol–water partition coefficient (Wildman–Crippen LogP) is 3.60. The van der Waals surface area contributed by atoms with E-state index in [1.165, 1.54) is 0 Å². The Labute approximate surface area is 139 Å². The summed E-state index contributed by atoms with van der Waals surface area (Å²) in [5, 5.41) is 9.36. The molecule has 0 aliphatic heterocycles. The summed E-state index contributed by atoms with van der Waals surface area (Å²) in [5.41, 5.74) is 1.64. The molecule has 4 nitrogen and oxygen atoms in total. The molecule has 0 aliphatic rings. The SMILES string of the molecule is CCCCN(CCCC)C(=O)C(=O)[C@@H](C#N)c1ccc(C)cc1. The van der Waals surface area contributed by atoms with Gasteiger partial charge in [0.05, 0.1) is 6.07 Å². The molecular formula is C19H26N2O2. The summed E-state index contributed by atoms with van der Waals surface area (Å²) in [5.74, 6) is -2.17. The molecule has 0 saturated heterocycles. The fraction of sp³-hybridized carbons (Fsp3) is 0.526. The van der Waals surface area contributed by atoms with Crippen LogP contribution in [0.3, 0.4) is 0 Å². The number of benzene rings is 1. The molecule has 1 aromatic carbocycles. The lowest BCUT2D eigenvalue weighted by molar-refractivity contribution is -0.145. The highest BCUT2D eigenvalue weighted by Crippen LogP contribution is 2.18. The van der Waals surface area contributed by atoms with E-state index in [-0.39, 0.29) is 0 Å². The highest BCUT2D eigenvalue weighted by atomic mass is 16.2. The second-order valence-electron chi connectivity index (χ2n) is 5.84. The summed E-state index contributed by atoms with van der Waals surface area (Å²) in [6, 6.07) is 9.18. The largest absolute Gasteiger partial charge is 0.336 e. The number of Topliss-reactive ketones (excluding diaryl/α,β-unsaturated/α-hetero) is 1. The maximum absolute atomic E-state index is 12.5. The number of hydrogen-bond donors (Lipinski definition) is 0. The van der Waals surface area contributed by atoms with E-state index in [1.54, 1.807) is 17.0 Å². The summed E-state index contributed by atoms with van der Waals surface area (Å²) >= 11 is 0. The molecule has 1 aromatic rings. The molecular weight excluding hydrogens is 288 g/mol. The fourth-order valence-corrected chi connectivity index (χ4v) is 2.34. The Hall–Kier alpha value is -2.15. The molecule has 0 fully saturated rings. The summed E-state index contributed by atoms with van der Waals surface area (Å²) in [6.45, 7) is 7.19. The van der Waals surface area contributed by atoms with Gasteiger partial charge in [0, 0.05) is 13.1 Å². The third-order valence-electron chi connectivity index (χ3n) is 3.86. The molecule has 4 heteroatoms. The zero-order valence-corrected chi connectivity index (χ0v) is 14.3. The Bertz CT molecular complexity index is 550. The van der Waals surface area contributed by atoms with Crippen molar-refractivity contribution in [3.8, 4) is 6.07 Å². The average molecular weight is 314 g/mol. The van der Waals surface area contributed by atoms with Gasteiger partial charge in [-0.3, -0.25) is 9.59 Å². The van der Waals surface area contributed by atoms with Crippen molar-refractivity contribution in [1.29, 1.82) is 5.26 Å². The molecule has 0 heterocycles. The summed E-state index contributed by atoms with van der Waals surface area (Å²) < 4.78 is 0. The first-order valence-electron chi connectivity index (χ1n) is 8.34. The van der Waals surface area contributed by atoms with Crippen molar-refractivity contribution in [2.24, 2.45) is 0 Å². The van der Waals surface area contributed by atoms with Crippen LogP contribution in [0.4, 0.5) is 0 Å². The minimum atomic E-state index is -1.02. The molecule has 0 saturated carbocycles. The Balaban J connectivity index is 2.90. The second-order valence-corrected chi connectivity index (χ2v) is 5.84. The van der Waals surface area contributed by atoms with E-state index in [4.69, 9.17) is 0 Å². The Morgan fingerprint density at radius 1 is 1.09 bits per heavy atom. The van der Waals surface area contributed by atoms with Gasteiger partial charge < -0.3 is 4.90 Å². The minimum Gasteiger partial charge on any atom is -0.336 e. The molecule has 1 amide bonds. The lowest BCUT2D eigenvalue weighted by Crippen LogP contribution is -2.40. The van der Waals surface area contributed by atoms with Crippen molar-refractivity contribution in [3.63, 3.8) is 0 Å². The van der Waals surface area contributed by atoms with E-state index in [1.807, 2.05) is 25.1 Å². The highest BCUT2D eigenvalue weighted by molar-refractivity contribution is 6.38. The number of carbonyl (C=O) groups is 2. The highest BCUT2D eigenvalue weighted by Gasteiger charge is 2.30. The van der Waals surface area contributed by atoms with E-state index < -0.39 is 17.6 Å². The van der Waals surface area contributed by atoms with Gasteiger partial charge in [-0.05, 0) is 25.3 Å². The number of rotatable bonds is 9. The van der Waals surface area contributed by atoms with Crippen molar-refractivity contribution in [1.82, 2.24) is 4.90 Å². The smallest absolute Gasteiger partial charge is 0.291 e. The number of amides is 1. The molecule has 0 unspecified atom stereocenters. The van der Waals surface area contributed by atoms with Crippen LogP contribution < -0.4 is 0 Å². The standard InChI is InChI=1S/C19H26N2O2/c1-4-6-12-21(13-7-5-2)19(23)18(22)17(14-20)16-10-8-15(3)9-11-16/h8-11,17H,4-7,12-13H2,1-3H3/t17-/m0/s1. The first kappa shape index (κ1) is 18.9. The number of ketones is 1. The van der Waals surface area contributed by atoms with Gasteiger partial charge in [-0.15, -0.1) is 0 Å². The number of carbonyl (C=O) groups excluding carboxylic acids is 2. The van der Waals surface area contributed by atoms with E-state index in [0.717, 1.165) is 31.2 Å². The first-order chi connectivity index (χ1) is 11.0. The van der Waals surface area contributed by atoms with Crippen molar-refractivity contribution < 1.29 is 9.59 Å². The van der Waals surface area contributed by atoms with Gasteiger partial charge in [-0.2, -0.15) is 5.26 Å². The van der Waals surface area contributed by atoms with Gasteiger partial charge in [0.25, 0.3) is 5.91 Å². The predicted molar refractivity (Wildman–Crippen MR) is 90.9 cm³/mol. The van der Waals surface area contributed by atoms with Crippen LogP contribution in [0, 0.1) is 18.3 Å². The van der Waals surface area contributed by atoms with Gasteiger partial charge in [-0.25, -0.2) is 0 Å². The number of nitrogens with zero attached hydrogens (tertiary/aromatic N) is 2. The topological polar surface area (TPSA) is 61.2 Å². The van der Waals surface area contributed by atoms with Gasteiger partial charge in [0.15, 0.2) is 0 Å². The molecule has 0 aromatic heterocycles. The quantitative estimate of drug-likeness (QED) is 0.654. The van der Waals surface area contributed by atoms with E-state index in [0.29, 0.717) is 18.7 Å². The number of hydrogen-bond acceptors (Lipinski definition) is 3. The van der Waals surface area contributed by atoms with E-state index in [2.05, 4.69) is 13.8 Å². The number of aryl methyl sites for hydroxylation is 1. The molecule has 0 radical (unpaired) electrons. The van der Waals surface area contributed by atoms with Crippen LogP contribution in [0.15, 0.2) is 24.3 Å². The van der Waals surface area contributed by atoms with Crippen LogP contribution in [0.1, 0.15) is 56.6 Å². The molecule has 0 N–H and O–H groups in total. The third kappa shape index (κ3) is 5.52. The van der Waals surface area contributed by atoms with Gasteiger partial charge in [0.2, 0.25) is 5.78 Å². The molecule has 0 bridgehead atoms. The fourth-order valence-electron chi connectivity index (χ4n) is 2.34. The molecule has 124 valence electrons. The Morgan fingerprint density at radius 3 is 2.04 bits per heavy atom. The monoisotopic (exact) mass is 314 g/mol. The lowest BCUT2D eigenvalue weighted by Gasteiger charge is -2.22. The lowest BCUT2D eigenvalue weighted by atomic mass is 9.94. The van der Waals surface area contributed by atoms with Crippen molar-refractivity contribution in [3.05, 3.63) is 35.4 Å². The average Bonchev–Trinajstić information content (AvgIpc) is 2.56. The molecule has 1 rings (SSSR count). The zero-order chi connectivity index (χ0) is 17.2. The Kier molecular flexibility index (Phi) is 8.04. The van der Waals surface area contributed by atoms with Crippen LogP contribution in [0.5, 0.6) is 0 Å². The summed E-state index contributed by atoms with van der Waals surface area (Å²) in [4.78, 5) is 26.6. The second kappa shape index (κ2) is 9.78. The number of unbranched alkanes of at least 4 members (excludes halogenated alkanes) is 2. The number of nitriles is 1. The third-order valence-corrected chi connectivity index (χ3v) is 3.86. The van der Waals surface area contributed by atoms with Crippen molar-refractivity contribution in [2.45, 2.75) is 52.4 Å². The molecule has 1 atom stereocenters. The van der Waals surface area contributed by atoms with Crippen molar-refractivity contribution >= 4 is 11.7 Å². The van der Waals surface area contributed by atoms with Crippen LogP contribution in [0.25, 0.3) is 0 Å². The zero-order valence-electron chi connectivity index (χ0n) is 14.3. The van der Waals surface area contributed by atoms with Crippen LogP contribution in [-0.2, 0) is 9.59 Å². The van der Waals surface area contributed by atoms with E-state index in [9.17, 15) is 14.9 Å². The Morgan fingerprint density at radius 2 is 1.61 bits per heavy atom. The van der Waals surface area contributed by atoms with E-state index >= 15 is 0 Å². The maximum Gasteiger partial charge on any atom is 0.291 e. The van der Waals surface area contributed by atoms with Crippen molar-refractivity contribution in [2.75, 3.05) is 13.1 Å². The normalized spacial score (nSPS) is 11.6. The molecule has 23 heavy (non-hydrogen) atoms.